The predicted octanol–water partition coefficient (Wildman–Crippen LogP) is 5.71. The van der Waals surface area contributed by atoms with E-state index in [0.29, 0.717) is 23.4 Å². The van der Waals surface area contributed by atoms with Gasteiger partial charge in [0.25, 0.3) is 5.91 Å². The molecule has 3 N–H and O–H groups in total. The number of hydrogen-bond acceptors (Lipinski definition) is 6. The zero-order valence-corrected chi connectivity index (χ0v) is 20.8. The van der Waals surface area contributed by atoms with Gasteiger partial charge in [-0.25, -0.2) is 4.79 Å². The summed E-state index contributed by atoms with van der Waals surface area (Å²) in [7, 11) is 1.64. The fourth-order valence-electron chi connectivity index (χ4n) is 4.70. The standard InChI is InChI=1S/C30H27N3O5/c1-38-18-19-13-15-22(16-14-19)33-26-12-4-2-3-9-24(26)27(29(33)35)32-31-25-11-6-10-23(28(25)34)20-7-5-8-21(17-20)30(36)37/h3,5-11,13-17,31,34H,2,4,12,18H2,1H3,(H,36,37)/b32-27-. The Balaban J connectivity index is 1.48. The second kappa shape index (κ2) is 10.7. The molecule has 1 amide bonds. The van der Waals surface area contributed by atoms with Crippen LogP contribution in [0.25, 0.3) is 11.1 Å². The molecule has 0 unspecified atom stereocenters. The van der Waals surface area contributed by atoms with Gasteiger partial charge >= 0.3 is 5.97 Å². The second-order valence-corrected chi connectivity index (χ2v) is 9.05. The zero-order valence-electron chi connectivity index (χ0n) is 20.8. The molecule has 0 saturated heterocycles. The number of rotatable bonds is 7. The second-order valence-electron chi connectivity index (χ2n) is 9.05. The van der Waals surface area contributed by atoms with Crippen molar-refractivity contribution in [2.75, 3.05) is 17.4 Å². The number of amides is 1. The summed E-state index contributed by atoms with van der Waals surface area (Å²) in [5.41, 5.74) is 7.97. The summed E-state index contributed by atoms with van der Waals surface area (Å²) in [6.07, 6.45) is 6.53. The molecule has 8 nitrogen and oxygen atoms in total. The maximum Gasteiger partial charge on any atom is 0.335 e. The van der Waals surface area contributed by atoms with E-state index < -0.39 is 5.97 Å². The van der Waals surface area contributed by atoms with Gasteiger partial charge in [-0.3, -0.25) is 15.1 Å². The molecule has 3 aromatic carbocycles. The fraction of sp³-hybridized carbons (Fsp3) is 0.167. The summed E-state index contributed by atoms with van der Waals surface area (Å²) in [6, 6.07) is 19.1. The van der Waals surface area contributed by atoms with Gasteiger partial charge in [-0.2, -0.15) is 5.10 Å². The molecule has 38 heavy (non-hydrogen) atoms. The number of carboxylic acid groups (broad SMARTS) is 1. The number of hydrogen-bond donors (Lipinski definition) is 3. The highest BCUT2D eigenvalue weighted by Gasteiger charge is 2.37. The van der Waals surface area contributed by atoms with Gasteiger partial charge in [0.05, 0.1) is 17.9 Å². The van der Waals surface area contributed by atoms with E-state index in [1.807, 2.05) is 36.4 Å². The van der Waals surface area contributed by atoms with Crippen LogP contribution in [0.2, 0.25) is 0 Å². The van der Waals surface area contributed by atoms with Crippen molar-refractivity contribution in [3.63, 3.8) is 0 Å². The van der Waals surface area contributed by atoms with Crippen LogP contribution in [0, 0.1) is 0 Å². The summed E-state index contributed by atoms with van der Waals surface area (Å²) in [6.45, 7) is 0.491. The normalized spacial score (nSPS) is 16.1. The quantitative estimate of drug-likeness (QED) is 0.278. The van der Waals surface area contributed by atoms with Gasteiger partial charge in [-0.15, -0.1) is 0 Å². The van der Waals surface area contributed by atoms with Crippen LogP contribution < -0.4 is 10.3 Å². The summed E-state index contributed by atoms with van der Waals surface area (Å²) >= 11 is 0. The molecule has 1 heterocycles. The van der Waals surface area contributed by atoms with Crippen LogP contribution in [0.5, 0.6) is 5.75 Å². The van der Waals surface area contributed by atoms with E-state index in [0.717, 1.165) is 41.8 Å². The monoisotopic (exact) mass is 509 g/mol. The van der Waals surface area contributed by atoms with Gasteiger partial charge in [0.15, 0.2) is 5.71 Å². The Bertz CT molecular complexity index is 1490. The molecule has 8 heteroatoms. The number of carboxylic acids is 1. The highest BCUT2D eigenvalue weighted by Crippen LogP contribution is 2.37. The molecule has 1 aliphatic carbocycles. The molecule has 0 spiro atoms. The van der Waals surface area contributed by atoms with Crippen molar-refractivity contribution < 1.29 is 24.5 Å². The summed E-state index contributed by atoms with van der Waals surface area (Å²) < 4.78 is 5.20. The van der Waals surface area contributed by atoms with Crippen LogP contribution in [0.1, 0.15) is 35.2 Å². The maximum atomic E-state index is 13.6. The number of phenolic OH excluding ortho intramolecular Hbond substituents is 1. The van der Waals surface area contributed by atoms with Crippen molar-refractivity contribution in [2.45, 2.75) is 25.9 Å². The average Bonchev–Trinajstić information content (AvgIpc) is 3.04. The van der Waals surface area contributed by atoms with Crippen LogP contribution in [0.4, 0.5) is 11.4 Å². The minimum absolute atomic E-state index is 0.0963. The van der Waals surface area contributed by atoms with Gasteiger partial charge < -0.3 is 14.9 Å². The Labute approximate surface area is 220 Å². The zero-order chi connectivity index (χ0) is 26.6. The SMILES string of the molecule is COCc1ccc(N2C(=O)/C(=N\Nc3cccc(-c4cccc(C(=O)O)c4)c3O)C3=C2CCCC=C3)cc1. The van der Waals surface area contributed by atoms with Crippen LogP contribution >= 0.6 is 0 Å². The van der Waals surface area contributed by atoms with E-state index in [2.05, 4.69) is 10.5 Å². The molecule has 2 aliphatic rings. The Morgan fingerprint density at radius 1 is 1.11 bits per heavy atom. The van der Waals surface area contributed by atoms with Crippen molar-refractivity contribution in [2.24, 2.45) is 5.10 Å². The lowest BCUT2D eigenvalue weighted by molar-refractivity contribution is -0.111. The smallest absolute Gasteiger partial charge is 0.335 e. The number of carbonyl (C=O) groups is 2. The Kier molecular flexibility index (Phi) is 7.06. The first-order chi connectivity index (χ1) is 18.5. The third-order valence-electron chi connectivity index (χ3n) is 6.56. The largest absolute Gasteiger partial charge is 0.505 e. The number of aromatic carboxylic acids is 1. The van der Waals surface area contributed by atoms with E-state index in [9.17, 15) is 19.8 Å². The van der Waals surface area contributed by atoms with Gasteiger partial charge in [0, 0.05) is 29.6 Å². The molecule has 3 aromatic rings. The molecular formula is C30H27N3O5. The number of aromatic hydroxyl groups is 1. The molecule has 0 radical (unpaired) electrons. The van der Waals surface area contributed by atoms with E-state index in [1.165, 1.54) is 12.1 Å². The Morgan fingerprint density at radius 3 is 2.66 bits per heavy atom. The number of anilines is 2. The topological polar surface area (TPSA) is 111 Å². The Hall–Kier alpha value is -4.69. The average molecular weight is 510 g/mol. The molecule has 0 bridgehead atoms. The van der Waals surface area contributed by atoms with E-state index in [1.54, 1.807) is 42.3 Å². The van der Waals surface area contributed by atoms with Gasteiger partial charge in [0.1, 0.15) is 5.75 Å². The van der Waals surface area contributed by atoms with Crippen molar-refractivity contribution in [3.05, 3.63) is 101 Å². The van der Waals surface area contributed by atoms with Gasteiger partial charge in [-0.1, -0.05) is 48.6 Å². The van der Waals surface area contributed by atoms with Crippen molar-refractivity contribution in [1.29, 1.82) is 0 Å². The number of methoxy groups -OCH3 is 1. The minimum Gasteiger partial charge on any atom is -0.505 e. The van der Waals surface area contributed by atoms with Crippen molar-refractivity contribution >= 4 is 29.0 Å². The molecular weight excluding hydrogens is 482 g/mol. The first kappa shape index (κ1) is 25.0. The first-order valence-electron chi connectivity index (χ1n) is 12.3. The van der Waals surface area contributed by atoms with Crippen LogP contribution in [0.15, 0.2) is 95.3 Å². The van der Waals surface area contributed by atoms with Gasteiger partial charge in [0.2, 0.25) is 0 Å². The molecule has 5 rings (SSSR count). The molecule has 0 saturated carbocycles. The third-order valence-corrected chi connectivity index (χ3v) is 6.56. The summed E-state index contributed by atoms with van der Waals surface area (Å²) in [4.78, 5) is 26.7. The lowest BCUT2D eigenvalue weighted by Crippen LogP contribution is -2.29. The number of nitrogens with zero attached hydrogens (tertiary/aromatic N) is 2. The Morgan fingerprint density at radius 2 is 1.89 bits per heavy atom. The van der Waals surface area contributed by atoms with E-state index in [4.69, 9.17) is 4.74 Å². The third kappa shape index (κ3) is 4.81. The number of nitrogens with one attached hydrogen (secondary N) is 1. The molecule has 1 aliphatic heterocycles. The summed E-state index contributed by atoms with van der Waals surface area (Å²) in [5, 5.41) is 24.8. The first-order valence-corrected chi connectivity index (χ1v) is 12.3. The molecule has 0 fully saturated rings. The molecule has 192 valence electrons. The fourth-order valence-corrected chi connectivity index (χ4v) is 4.70. The van der Waals surface area contributed by atoms with Crippen LogP contribution in [0.3, 0.4) is 0 Å². The lowest BCUT2D eigenvalue weighted by atomic mass is 10.0. The van der Waals surface area contributed by atoms with Crippen LogP contribution in [-0.2, 0) is 16.1 Å². The minimum atomic E-state index is -1.05. The number of benzene rings is 3. The number of hydrazone groups is 1. The number of carbonyl (C=O) groups excluding carboxylic acids is 1. The number of phenols is 1. The highest BCUT2D eigenvalue weighted by atomic mass is 16.5. The molecule has 0 atom stereocenters. The van der Waals surface area contributed by atoms with Crippen molar-refractivity contribution in [1.82, 2.24) is 0 Å². The highest BCUT2D eigenvalue weighted by molar-refractivity contribution is 6.53. The van der Waals surface area contributed by atoms with E-state index >= 15 is 0 Å². The molecule has 0 aromatic heterocycles. The maximum absolute atomic E-state index is 13.6. The number of para-hydroxylation sites is 1. The predicted molar refractivity (Wildman–Crippen MR) is 146 cm³/mol. The number of ether oxygens (including phenoxy) is 1. The van der Waals surface area contributed by atoms with E-state index in [-0.39, 0.29) is 22.9 Å². The van der Waals surface area contributed by atoms with Crippen molar-refractivity contribution in [3.8, 4) is 16.9 Å². The van der Waals surface area contributed by atoms with Crippen LogP contribution in [-0.4, -0.2) is 34.9 Å². The summed E-state index contributed by atoms with van der Waals surface area (Å²) in [5.74, 6) is -1.40. The lowest BCUT2D eigenvalue weighted by Gasteiger charge is -2.20. The van der Waals surface area contributed by atoms with Gasteiger partial charge in [-0.05, 0) is 60.7 Å². The number of allylic oxidation sites excluding steroid dienone is 3.